The zero-order valence-corrected chi connectivity index (χ0v) is 13.9. The normalized spacial score (nSPS) is 24.1. The monoisotopic (exact) mass is 367 g/mol. The number of rotatable bonds is 4. The number of nitrogens with two attached hydrogens (primary N) is 1. The molecule has 0 aliphatic carbocycles. The molecule has 0 bridgehead atoms. The van der Waals surface area contributed by atoms with Crippen LogP contribution in [0.1, 0.15) is 11.6 Å². The maximum atomic E-state index is 12.3. The molecule has 3 atom stereocenters. The van der Waals surface area contributed by atoms with Crippen molar-refractivity contribution in [3.63, 3.8) is 0 Å². The van der Waals surface area contributed by atoms with Crippen LogP contribution in [-0.4, -0.2) is 45.0 Å². The molecule has 1 aromatic rings. The number of thioether (sulfide) groups is 1. The van der Waals surface area contributed by atoms with Crippen LogP contribution in [0.5, 0.6) is 0 Å². The molecule has 9 heteroatoms. The second-order valence-electron chi connectivity index (χ2n) is 5.34. The summed E-state index contributed by atoms with van der Waals surface area (Å²) in [4.78, 5) is 36.9. The zero-order valence-electron chi connectivity index (χ0n) is 12.3. The number of amides is 2. The van der Waals surface area contributed by atoms with E-state index in [2.05, 4.69) is 5.32 Å². The third kappa shape index (κ3) is 2.77. The fourth-order valence-electron chi connectivity index (χ4n) is 2.64. The number of nitrogens with one attached hydrogen (secondary N) is 1. The highest BCUT2D eigenvalue weighted by atomic mass is 35.5. The van der Waals surface area contributed by atoms with Gasteiger partial charge in [0.15, 0.2) is 0 Å². The summed E-state index contributed by atoms with van der Waals surface area (Å²) in [7, 11) is 0. The molecule has 4 N–H and O–H groups in total. The molecule has 0 saturated carbocycles. The van der Waals surface area contributed by atoms with Crippen molar-refractivity contribution in [3.8, 4) is 0 Å². The number of carbonyl (C=O) groups is 3. The molecular weight excluding hydrogens is 354 g/mol. The van der Waals surface area contributed by atoms with Gasteiger partial charge in [-0.15, -0.1) is 11.8 Å². The average Bonchev–Trinajstić information content (AvgIpc) is 2.59. The summed E-state index contributed by atoms with van der Waals surface area (Å²) in [5.41, 5.74) is 6.32. The van der Waals surface area contributed by atoms with Crippen LogP contribution in [0.2, 0.25) is 0 Å². The molecule has 1 aromatic carbocycles. The van der Waals surface area contributed by atoms with Crippen LogP contribution >= 0.6 is 23.4 Å². The van der Waals surface area contributed by atoms with Gasteiger partial charge in [-0.1, -0.05) is 41.9 Å². The van der Waals surface area contributed by atoms with Crippen molar-refractivity contribution in [2.45, 2.75) is 17.5 Å². The highest BCUT2D eigenvalue weighted by Crippen LogP contribution is 2.41. The Balaban J connectivity index is 1.71. The molecule has 1 fully saturated rings. The Morgan fingerprint density at radius 2 is 2.04 bits per heavy atom. The van der Waals surface area contributed by atoms with Gasteiger partial charge in [-0.05, 0) is 5.56 Å². The van der Waals surface area contributed by atoms with Crippen LogP contribution in [0.3, 0.4) is 0 Å². The number of carbonyl (C=O) groups excluding carboxylic acids is 2. The van der Waals surface area contributed by atoms with Crippen molar-refractivity contribution in [1.29, 1.82) is 0 Å². The third-order valence-electron chi connectivity index (χ3n) is 3.86. The summed E-state index contributed by atoms with van der Waals surface area (Å²) in [6, 6.07) is 7.07. The molecule has 0 aromatic heterocycles. The Hall–Kier alpha value is -2.03. The first kappa shape index (κ1) is 16.8. The Kier molecular flexibility index (Phi) is 4.53. The van der Waals surface area contributed by atoms with Gasteiger partial charge in [0.2, 0.25) is 5.91 Å². The van der Waals surface area contributed by atoms with E-state index in [1.54, 1.807) is 24.3 Å². The number of β-lactam (4-membered cyclic amide) rings is 1. The molecule has 24 heavy (non-hydrogen) atoms. The lowest BCUT2D eigenvalue weighted by Gasteiger charge is -2.48. The fraction of sp³-hybridized carbons (Fsp3) is 0.267. The fourth-order valence-corrected chi connectivity index (χ4v) is 4.19. The summed E-state index contributed by atoms with van der Waals surface area (Å²) in [5, 5.41) is 11.4. The van der Waals surface area contributed by atoms with E-state index in [0.29, 0.717) is 5.56 Å². The molecule has 2 aliphatic rings. The van der Waals surface area contributed by atoms with Gasteiger partial charge in [0.1, 0.15) is 23.2 Å². The summed E-state index contributed by atoms with van der Waals surface area (Å²) >= 11 is 7.20. The molecule has 0 spiro atoms. The molecule has 3 rings (SSSR count). The Morgan fingerprint density at radius 3 is 2.67 bits per heavy atom. The third-order valence-corrected chi connectivity index (χ3v) is 5.61. The lowest BCUT2D eigenvalue weighted by atomic mass is 10.0. The molecule has 0 radical (unpaired) electrons. The SMILES string of the molecule is N[C@H](C(=O)N[C@H]1C(=O)N2C(C(=O)O)=C(Cl)CS[C@H]12)c1ccccc1. The second-order valence-corrected chi connectivity index (χ2v) is 6.90. The van der Waals surface area contributed by atoms with E-state index in [9.17, 15) is 19.5 Å². The number of hydrogen-bond donors (Lipinski definition) is 3. The molecule has 1 saturated heterocycles. The largest absolute Gasteiger partial charge is 0.477 e. The molecule has 126 valence electrons. The lowest BCUT2D eigenvalue weighted by Crippen LogP contribution is -2.70. The Labute approximate surface area is 146 Å². The van der Waals surface area contributed by atoms with Gasteiger partial charge in [-0.3, -0.25) is 14.5 Å². The lowest BCUT2D eigenvalue weighted by molar-refractivity contribution is -0.150. The molecule has 2 aliphatic heterocycles. The van der Waals surface area contributed by atoms with Crippen LogP contribution in [0.15, 0.2) is 41.1 Å². The predicted octanol–water partition coefficient (Wildman–Crippen LogP) is 0.621. The minimum absolute atomic E-state index is 0.114. The van der Waals surface area contributed by atoms with E-state index in [0.717, 1.165) is 4.90 Å². The summed E-state index contributed by atoms with van der Waals surface area (Å²) in [6.07, 6.45) is 0. The van der Waals surface area contributed by atoms with Crippen molar-refractivity contribution < 1.29 is 19.5 Å². The number of aliphatic carboxylic acids is 1. The average molecular weight is 368 g/mol. The van der Waals surface area contributed by atoms with Gasteiger partial charge in [-0.2, -0.15) is 0 Å². The topological polar surface area (TPSA) is 113 Å². The molecule has 0 unspecified atom stereocenters. The van der Waals surface area contributed by atoms with Gasteiger partial charge in [-0.25, -0.2) is 4.79 Å². The first-order chi connectivity index (χ1) is 11.4. The number of hydrogen-bond acceptors (Lipinski definition) is 5. The van der Waals surface area contributed by atoms with Crippen molar-refractivity contribution in [1.82, 2.24) is 10.2 Å². The number of halogens is 1. The van der Waals surface area contributed by atoms with Crippen LogP contribution in [0.4, 0.5) is 0 Å². The second kappa shape index (κ2) is 6.46. The number of nitrogens with zero attached hydrogens (tertiary/aromatic N) is 1. The number of fused-ring (bicyclic) bond motifs is 1. The molecule has 2 amide bonds. The van der Waals surface area contributed by atoms with Crippen molar-refractivity contribution in [2.24, 2.45) is 5.73 Å². The van der Waals surface area contributed by atoms with Crippen LogP contribution < -0.4 is 11.1 Å². The number of benzene rings is 1. The zero-order chi connectivity index (χ0) is 17.4. The predicted molar refractivity (Wildman–Crippen MR) is 88.9 cm³/mol. The van der Waals surface area contributed by atoms with Gasteiger partial charge in [0.05, 0.1) is 5.03 Å². The van der Waals surface area contributed by atoms with Gasteiger partial charge in [0.25, 0.3) is 5.91 Å². The highest BCUT2D eigenvalue weighted by Gasteiger charge is 2.54. The Bertz CT molecular complexity index is 739. The van der Waals surface area contributed by atoms with E-state index < -0.39 is 35.2 Å². The smallest absolute Gasteiger partial charge is 0.353 e. The summed E-state index contributed by atoms with van der Waals surface area (Å²) < 4.78 is 0. The summed E-state index contributed by atoms with van der Waals surface area (Å²) in [5.74, 6) is -1.98. The van der Waals surface area contributed by atoms with E-state index in [1.165, 1.54) is 11.8 Å². The van der Waals surface area contributed by atoms with Gasteiger partial charge in [0, 0.05) is 5.75 Å². The van der Waals surface area contributed by atoms with E-state index >= 15 is 0 Å². The standard InChI is InChI=1S/C15H14ClN3O4S/c16-8-6-24-14-10(13(21)19(14)11(8)15(22)23)18-12(20)9(17)7-4-2-1-3-5-7/h1-5,9-10,14H,6,17H2,(H,18,20)(H,22,23)/t9-,10-,14+/m0/s1. The molecule has 7 nitrogen and oxygen atoms in total. The minimum Gasteiger partial charge on any atom is -0.477 e. The van der Waals surface area contributed by atoms with Crippen molar-refractivity contribution in [3.05, 3.63) is 46.6 Å². The number of carboxylic acids is 1. The quantitative estimate of drug-likeness (QED) is 0.672. The maximum Gasteiger partial charge on any atom is 0.353 e. The van der Waals surface area contributed by atoms with Crippen LogP contribution in [0.25, 0.3) is 0 Å². The van der Waals surface area contributed by atoms with E-state index in [1.807, 2.05) is 6.07 Å². The first-order valence-electron chi connectivity index (χ1n) is 7.09. The van der Waals surface area contributed by atoms with E-state index in [-0.39, 0.29) is 16.5 Å². The van der Waals surface area contributed by atoms with Gasteiger partial charge < -0.3 is 16.2 Å². The van der Waals surface area contributed by atoms with Crippen LogP contribution in [-0.2, 0) is 14.4 Å². The maximum absolute atomic E-state index is 12.3. The van der Waals surface area contributed by atoms with Crippen molar-refractivity contribution in [2.75, 3.05) is 5.75 Å². The summed E-state index contributed by atoms with van der Waals surface area (Å²) in [6.45, 7) is 0. The van der Waals surface area contributed by atoms with Gasteiger partial charge >= 0.3 is 5.97 Å². The molecule has 2 heterocycles. The Morgan fingerprint density at radius 1 is 1.38 bits per heavy atom. The minimum atomic E-state index is -1.26. The van der Waals surface area contributed by atoms with E-state index in [4.69, 9.17) is 17.3 Å². The first-order valence-corrected chi connectivity index (χ1v) is 8.52. The molecular formula is C15H14ClN3O4S. The number of carboxylic acid groups (broad SMARTS) is 1. The van der Waals surface area contributed by atoms with Crippen LogP contribution in [0, 0.1) is 0 Å². The highest BCUT2D eigenvalue weighted by molar-refractivity contribution is 8.00. The van der Waals surface area contributed by atoms with Crippen molar-refractivity contribution >= 4 is 41.1 Å².